The Morgan fingerprint density at radius 2 is 1.78 bits per heavy atom. The van der Waals surface area contributed by atoms with Crippen molar-refractivity contribution < 1.29 is 14.7 Å². The number of aromatic hydroxyl groups is 1. The second-order valence-corrected chi connectivity index (χ2v) is 9.52. The van der Waals surface area contributed by atoms with E-state index in [-0.39, 0.29) is 23.6 Å². The third kappa shape index (κ3) is 5.56. The molecule has 0 saturated heterocycles. The highest BCUT2D eigenvalue weighted by Crippen LogP contribution is 2.42. The molecule has 7 heteroatoms. The zero-order valence-electron chi connectivity index (χ0n) is 21.0. The largest absolute Gasteiger partial charge is 0.507 e. The van der Waals surface area contributed by atoms with Gasteiger partial charge in [0.1, 0.15) is 5.75 Å². The lowest BCUT2D eigenvalue weighted by Gasteiger charge is -2.09. The third-order valence-electron chi connectivity index (χ3n) is 6.61. The molecule has 0 aliphatic heterocycles. The predicted molar refractivity (Wildman–Crippen MR) is 144 cm³/mol. The summed E-state index contributed by atoms with van der Waals surface area (Å²) in [5, 5.41) is 21.0. The van der Waals surface area contributed by atoms with Crippen molar-refractivity contribution in [3.8, 4) is 17.0 Å². The van der Waals surface area contributed by atoms with E-state index in [0.717, 1.165) is 41.6 Å². The van der Waals surface area contributed by atoms with Gasteiger partial charge in [0, 0.05) is 29.3 Å². The third-order valence-corrected chi connectivity index (χ3v) is 6.61. The summed E-state index contributed by atoms with van der Waals surface area (Å²) in [5.41, 5.74) is 6.14. The number of phenolic OH excluding ortho intramolecular Hbond substituents is 1. The first kappa shape index (κ1) is 24.3. The molecule has 1 aliphatic rings. The lowest BCUT2D eigenvalue weighted by atomic mass is 10.1. The van der Waals surface area contributed by atoms with E-state index in [1.54, 1.807) is 24.3 Å². The van der Waals surface area contributed by atoms with Crippen LogP contribution in [-0.4, -0.2) is 26.8 Å². The Hall–Kier alpha value is -4.39. The van der Waals surface area contributed by atoms with E-state index in [1.165, 1.54) is 10.7 Å². The molecular weight excluding hydrogens is 464 g/mol. The van der Waals surface area contributed by atoms with Crippen molar-refractivity contribution in [2.75, 3.05) is 5.32 Å². The van der Waals surface area contributed by atoms with Crippen molar-refractivity contribution in [3.05, 3.63) is 101 Å². The van der Waals surface area contributed by atoms with Crippen LogP contribution in [0.1, 0.15) is 58.4 Å². The molecule has 3 N–H and O–H groups in total. The summed E-state index contributed by atoms with van der Waals surface area (Å²) >= 11 is 0. The normalized spacial score (nSPS) is 12.8. The van der Waals surface area contributed by atoms with Crippen LogP contribution in [0.3, 0.4) is 0 Å². The second-order valence-electron chi connectivity index (χ2n) is 9.52. The predicted octanol–water partition coefficient (Wildman–Crippen LogP) is 6.01. The molecule has 1 saturated carbocycles. The lowest BCUT2D eigenvalue weighted by Crippen LogP contribution is -2.30. The van der Waals surface area contributed by atoms with Gasteiger partial charge in [-0.3, -0.25) is 4.79 Å². The van der Waals surface area contributed by atoms with Crippen molar-refractivity contribution >= 4 is 17.6 Å². The number of hydrogen-bond acceptors (Lipinski definition) is 4. The number of hydrogen-bond donors (Lipinski definition) is 3. The number of aromatic nitrogens is 2. The van der Waals surface area contributed by atoms with Crippen molar-refractivity contribution in [2.45, 2.75) is 45.6 Å². The van der Waals surface area contributed by atoms with Crippen LogP contribution in [0, 0.1) is 6.92 Å². The molecule has 0 spiro atoms. The Bertz CT molecular complexity index is 1450. The van der Waals surface area contributed by atoms with Crippen molar-refractivity contribution in [3.63, 3.8) is 0 Å². The number of rotatable bonds is 7. The number of amides is 2. The first-order valence-electron chi connectivity index (χ1n) is 12.6. The monoisotopic (exact) mass is 494 g/mol. The highest BCUT2D eigenvalue weighted by molar-refractivity contribution is 6.04. The van der Waals surface area contributed by atoms with Crippen LogP contribution in [0.25, 0.3) is 11.3 Å². The van der Waals surface area contributed by atoms with Gasteiger partial charge in [-0.2, -0.15) is 9.78 Å². The molecule has 4 aromatic rings. The van der Waals surface area contributed by atoms with Gasteiger partial charge in [0.15, 0.2) is 0 Å². The summed E-state index contributed by atoms with van der Waals surface area (Å²) in [7, 11) is 0. The van der Waals surface area contributed by atoms with Crippen LogP contribution in [0.15, 0.2) is 72.8 Å². The zero-order chi connectivity index (χ0) is 25.9. The van der Waals surface area contributed by atoms with Crippen molar-refractivity contribution in [1.29, 1.82) is 0 Å². The zero-order valence-corrected chi connectivity index (χ0v) is 21.0. The molecule has 0 bridgehead atoms. The Kier molecular flexibility index (Phi) is 6.77. The quantitative estimate of drug-likeness (QED) is 0.274. The Labute approximate surface area is 216 Å². The first-order chi connectivity index (χ1) is 17.9. The van der Waals surface area contributed by atoms with Gasteiger partial charge in [-0.1, -0.05) is 48.9 Å². The molecule has 1 fully saturated rings. The molecule has 188 valence electrons. The summed E-state index contributed by atoms with van der Waals surface area (Å²) in [4.78, 5) is 25.8. The fourth-order valence-electron chi connectivity index (χ4n) is 4.35. The number of carbonyl (C=O) groups excluding carboxylic acids is 2. The number of nitrogens with zero attached hydrogens (tertiary/aromatic N) is 2. The van der Waals surface area contributed by atoms with Gasteiger partial charge >= 0.3 is 6.03 Å². The molecule has 7 nitrogen and oxygen atoms in total. The molecule has 37 heavy (non-hydrogen) atoms. The molecule has 1 heterocycles. The Balaban J connectivity index is 1.37. The van der Waals surface area contributed by atoms with Gasteiger partial charge in [-0.15, -0.1) is 0 Å². The minimum atomic E-state index is -0.311. The van der Waals surface area contributed by atoms with Crippen molar-refractivity contribution in [1.82, 2.24) is 15.1 Å². The number of aryl methyl sites for hydroxylation is 2. The van der Waals surface area contributed by atoms with Gasteiger partial charge in [0.25, 0.3) is 5.91 Å². The molecular formula is C30H30N4O3. The van der Waals surface area contributed by atoms with Gasteiger partial charge < -0.3 is 15.7 Å². The molecule has 2 amide bonds. The fourth-order valence-corrected chi connectivity index (χ4v) is 4.35. The van der Waals surface area contributed by atoms with Crippen LogP contribution in [0.2, 0.25) is 0 Å². The molecule has 5 rings (SSSR count). The van der Waals surface area contributed by atoms with Crippen LogP contribution < -0.4 is 10.6 Å². The SMILES string of the molecule is CCc1ccc(C(=O)Nc2ccc(O)c(-c3cc(C4CC4)n(C(=O)NCc4cccc(C)c4)n3)c2)cc1. The van der Waals surface area contributed by atoms with Crippen LogP contribution >= 0.6 is 0 Å². The summed E-state index contributed by atoms with van der Waals surface area (Å²) in [6.07, 6.45) is 2.90. The van der Waals surface area contributed by atoms with Gasteiger partial charge in [0.2, 0.25) is 0 Å². The topological polar surface area (TPSA) is 96.2 Å². The lowest BCUT2D eigenvalue weighted by molar-refractivity contribution is 0.102. The number of phenols is 1. The van der Waals surface area contributed by atoms with E-state index in [9.17, 15) is 14.7 Å². The molecule has 1 aliphatic carbocycles. The Morgan fingerprint density at radius 3 is 2.49 bits per heavy atom. The summed E-state index contributed by atoms with van der Waals surface area (Å²) in [5.74, 6) is 0.0542. The Morgan fingerprint density at radius 1 is 1.00 bits per heavy atom. The van der Waals surface area contributed by atoms with E-state index in [0.29, 0.717) is 29.1 Å². The van der Waals surface area contributed by atoms with E-state index in [1.807, 2.05) is 49.4 Å². The van der Waals surface area contributed by atoms with E-state index < -0.39 is 0 Å². The minimum absolute atomic E-state index is 0.0254. The van der Waals surface area contributed by atoms with Gasteiger partial charge in [0.05, 0.1) is 11.4 Å². The number of carbonyl (C=O) groups is 2. The van der Waals surface area contributed by atoms with Gasteiger partial charge in [-0.25, -0.2) is 4.79 Å². The molecule has 0 unspecified atom stereocenters. The van der Waals surface area contributed by atoms with Crippen LogP contribution in [-0.2, 0) is 13.0 Å². The maximum absolute atomic E-state index is 13.1. The van der Waals surface area contributed by atoms with Crippen LogP contribution in [0.5, 0.6) is 5.75 Å². The summed E-state index contributed by atoms with van der Waals surface area (Å²) < 4.78 is 1.41. The standard InChI is InChI=1S/C30H30N4O3/c1-3-20-7-9-23(10-8-20)29(36)32-24-13-14-28(35)25(16-24)26-17-27(22-11-12-22)34(33-26)30(37)31-18-21-6-4-5-19(2)15-21/h4-10,13-17,22,35H,3,11-12,18H2,1-2H3,(H,31,37)(H,32,36). The highest BCUT2D eigenvalue weighted by atomic mass is 16.3. The number of nitrogens with one attached hydrogen (secondary N) is 2. The summed E-state index contributed by atoms with van der Waals surface area (Å²) in [6, 6.07) is 21.9. The maximum Gasteiger partial charge on any atom is 0.342 e. The molecule has 0 radical (unpaired) electrons. The van der Waals surface area contributed by atoms with Crippen molar-refractivity contribution in [2.24, 2.45) is 0 Å². The summed E-state index contributed by atoms with van der Waals surface area (Å²) in [6.45, 7) is 4.48. The molecule has 1 aromatic heterocycles. The second kappa shape index (κ2) is 10.3. The molecule has 0 atom stereocenters. The number of benzene rings is 3. The van der Waals surface area contributed by atoms with E-state index in [2.05, 4.69) is 22.7 Å². The van der Waals surface area contributed by atoms with E-state index in [4.69, 9.17) is 0 Å². The average Bonchev–Trinajstić information content (AvgIpc) is 3.66. The maximum atomic E-state index is 13.1. The molecule has 3 aromatic carbocycles. The minimum Gasteiger partial charge on any atom is -0.507 e. The fraction of sp³-hybridized carbons (Fsp3) is 0.233. The highest BCUT2D eigenvalue weighted by Gasteiger charge is 2.30. The first-order valence-corrected chi connectivity index (χ1v) is 12.6. The smallest absolute Gasteiger partial charge is 0.342 e. The number of anilines is 1. The average molecular weight is 495 g/mol. The van der Waals surface area contributed by atoms with Crippen LogP contribution in [0.4, 0.5) is 10.5 Å². The van der Waals surface area contributed by atoms with Gasteiger partial charge in [-0.05, 0) is 73.7 Å². The van der Waals surface area contributed by atoms with E-state index >= 15 is 0 Å².